The fourth-order valence-electron chi connectivity index (χ4n) is 6.43. The van der Waals surface area contributed by atoms with Crippen LogP contribution < -0.4 is 5.32 Å². The standard InChI is InChI=1S/C24H34F3NO3/c1-21(2)12-5-13-22(3)18(21)10-14-23(4,30)19(22)11-15-31-20(29)28-17-8-6-16(7-9-17)24(25,26)27/h6-9,18-19,30H,5,10-15H2,1-4H3,(H,28,29)/t18-,19+,22-,23+/m0/s1. The van der Waals surface area contributed by atoms with E-state index in [1.54, 1.807) is 0 Å². The first-order valence-electron chi connectivity index (χ1n) is 11.1. The van der Waals surface area contributed by atoms with Crippen molar-refractivity contribution >= 4 is 11.8 Å². The molecule has 2 aliphatic rings. The summed E-state index contributed by atoms with van der Waals surface area (Å²) >= 11 is 0. The average Bonchev–Trinajstić information content (AvgIpc) is 2.63. The highest BCUT2D eigenvalue weighted by molar-refractivity contribution is 5.84. The number of carbonyl (C=O) groups is 1. The predicted molar refractivity (Wildman–Crippen MR) is 114 cm³/mol. The molecule has 0 bridgehead atoms. The van der Waals surface area contributed by atoms with E-state index in [9.17, 15) is 23.1 Å². The van der Waals surface area contributed by atoms with Crippen LogP contribution in [0.5, 0.6) is 0 Å². The first kappa shape index (κ1) is 23.9. The Morgan fingerprint density at radius 2 is 1.77 bits per heavy atom. The number of hydrogen-bond acceptors (Lipinski definition) is 3. The molecule has 174 valence electrons. The van der Waals surface area contributed by atoms with Gasteiger partial charge in [-0.15, -0.1) is 0 Å². The van der Waals surface area contributed by atoms with Gasteiger partial charge in [-0.1, -0.05) is 27.2 Å². The Labute approximate surface area is 182 Å². The van der Waals surface area contributed by atoms with E-state index in [1.165, 1.54) is 18.6 Å². The molecule has 0 spiro atoms. The fourth-order valence-corrected chi connectivity index (χ4v) is 6.43. The largest absolute Gasteiger partial charge is 0.449 e. The predicted octanol–water partition coefficient (Wildman–Crippen LogP) is 6.64. The number of amides is 1. The second kappa shape index (κ2) is 8.30. The fraction of sp³-hybridized carbons (Fsp3) is 0.708. The maximum atomic E-state index is 12.7. The summed E-state index contributed by atoms with van der Waals surface area (Å²) in [5, 5.41) is 13.6. The van der Waals surface area contributed by atoms with Gasteiger partial charge in [-0.25, -0.2) is 4.79 Å². The molecule has 1 aromatic rings. The van der Waals surface area contributed by atoms with E-state index in [-0.39, 0.29) is 29.0 Å². The maximum absolute atomic E-state index is 12.7. The minimum Gasteiger partial charge on any atom is -0.449 e. The van der Waals surface area contributed by atoms with Gasteiger partial charge in [-0.3, -0.25) is 5.32 Å². The van der Waals surface area contributed by atoms with Gasteiger partial charge in [0.05, 0.1) is 17.8 Å². The van der Waals surface area contributed by atoms with Gasteiger partial charge in [-0.05, 0) is 86.0 Å². The van der Waals surface area contributed by atoms with Crippen LogP contribution in [0.25, 0.3) is 0 Å². The van der Waals surface area contributed by atoms with Gasteiger partial charge in [0.25, 0.3) is 0 Å². The summed E-state index contributed by atoms with van der Waals surface area (Å²) in [7, 11) is 0. The van der Waals surface area contributed by atoms with E-state index in [0.717, 1.165) is 37.8 Å². The van der Waals surface area contributed by atoms with Crippen LogP contribution in [0.15, 0.2) is 24.3 Å². The molecule has 7 heteroatoms. The van der Waals surface area contributed by atoms with Crippen LogP contribution in [0.3, 0.4) is 0 Å². The first-order valence-corrected chi connectivity index (χ1v) is 11.1. The van der Waals surface area contributed by atoms with Crippen molar-refractivity contribution in [1.82, 2.24) is 0 Å². The lowest BCUT2D eigenvalue weighted by atomic mass is 9.45. The summed E-state index contributed by atoms with van der Waals surface area (Å²) < 4.78 is 43.3. The molecule has 1 aromatic carbocycles. The molecule has 0 aromatic heterocycles. The Morgan fingerprint density at radius 1 is 1.13 bits per heavy atom. The van der Waals surface area contributed by atoms with Gasteiger partial charge in [-0.2, -0.15) is 13.2 Å². The number of nitrogens with one attached hydrogen (secondary N) is 1. The number of hydrogen-bond donors (Lipinski definition) is 2. The summed E-state index contributed by atoms with van der Waals surface area (Å²) in [5.41, 5.74) is -1.14. The average molecular weight is 442 g/mol. The molecule has 2 aliphatic carbocycles. The van der Waals surface area contributed by atoms with Crippen molar-refractivity contribution in [2.75, 3.05) is 11.9 Å². The topological polar surface area (TPSA) is 58.6 Å². The van der Waals surface area contributed by atoms with Crippen LogP contribution in [0, 0.1) is 22.7 Å². The number of anilines is 1. The quantitative estimate of drug-likeness (QED) is 0.551. The molecule has 2 fully saturated rings. The molecule has 1 amide bonds. The molecule has 0 aliphatic heterocycles. The zero-order valence-corrected chi connectivity index (χ0v) is 18.8. The van der Waals surface area contributed by atoms with Crippen molar-refractivity contribution in [3.63, 3.8) is 0 Å². The Balaban J connectivity index is 1.60. The first-order chi connectivity index (χ1) is 14.3. The van der Waals surface area contributed by atoms with E-state index in [2.05, 4.69) is 26.1 Å². The normalized spacial score (nSPS) is 32.8. The molecular formula is C24H34F3NO3. The van der Waals surface area contributed by atoms with E-state index in [0.29, 0.717) is 12.3 Å². The number of benzene rings is 1. The summed E-state index contributed by atoms with van der Waals surface area (Å²) in [4.78, 5) is 12.1. The Kier molecular flexibility index (Phi) is 6.40. The molecule has 4 atom stereocenters. The Hall–Kier alpha value is -1.76. The zero-order chi connectivity index (χ0) is 23.1. The van der Waals surface area contributed by atoms with Gasteiger partial charge < -0.3 is 9.84 Å². The van der Waals surface area contributed by atoms with Crippen molar-refractivity contribution in [2.45, 2.75) is 78.0 Å². The van der Waals surface area contributed by atoms with Crippen molar-refractivity contribution in [3.05, 3.63) is 29.8 Å². The van der Waals surface area contributed by atoms with Crippen molar-refractivity contribution in [1.29, 1.82) is 0 Å². The van der Waals surface area contributed by atoms with Crippen LogP contribution in [0.1, 0.15) is 71.8 Å². The number of carbonyl (C=O) groups excluding carboxylic acids is 1. The van der Waals surface area contributed by atoms with E-state index in [4.69, 9.17) is 4.74 Å². The monoisotopic (exact) mass is 441 g/mol. The Morgan fingerprint density at radius 3 is 2.39 bits per heavy atom. The summed E-state index contributed by atoms with van der Waals surface area (Å²) in [6, 6.07) is 4.23. The highest BCUT2D eigenvalue weighted by Crippen LogP contribution is 2.62. The van der Waals surface area contributed by atoms with Crippen LogP contribution in [0.4, 0.5) is 23.7 Å². The van der Waals surface area contributed by atoms with E-state index in [1.807, 2.05) is 6.92 Å². The smallest absolute Gasteiger partial charge is 0.416 e. The summed E-state index contributed by atoms with van der Waals surface area (Å²) in [5.74, 6) is 0.525. The molecule has 2 N–H and O–H groups in total. The molecule has 0 radical (unpaired) electrons. The van der Waals surface area contributed by atoms with E-state index < -0.39 is 23.4 Å². The highest BCUT2D eigenvalue weighted by atomic mass is 19.4. The number of alkyl halides is 3. The third-order valence-electron chi connectivity index (χ3n) is 7.86. The third kappa shape index (κ3) is 5.02. The van der Waals surface area contributed by atoms with Crippen molar-refractivity contribution in [3.8, 4) is 0 Å². The van der Waals surface area contributed by atoms with Crippen molar-refractivity contribution < 1.29 is 27.8 Å². The lowest BCUT2D eigenvalue weighted by molar-refractivity contribution is -0.171. The maximum Gasteiger partial charge on any atom is 0.416 e. The van der Waals surface area contributed by atoms with Gasteiger partial charge in [0.2, 0.25) is 0 Å². The number of fused-ring (bicyclic) bond motifs is 1. The van der Waals surface area contributed by atoms with Gasteiger partial charge >= 0.3 is 12.3 Å². The molecular weight excluding hydrogens is 407 g/mol. The number of ether oxygens (including phenoxy) is 1. The van der Waals surface area contributed by atoms with E-state index >= 15 is 0 Å². The van der Waals surface area contributed by atoms with Gasteiger partial charge in [0, 0.05) is 5.69 Å². The second-order valence-electron chi connectivity index (χ2n) is 10.5. The lowest BCUT2D eigenvalue weighted by Gasteiger charge is -2.61. The van der Waals surface area contributed by atoms with Crippen LogP contribution in [0.2, 0.25) is 0 Å². The molecule has 0 unspecified atom stereocenters. The molecule has 0 saturated heterocycles. The third-order valence-corrected chi connectivity index (χ3v) is 7.86. The summed E-state index contributed by atoms with van der Waals surface area (Å²) in [6.07, 6.45) is 0.534. The molecule has 0 heterocycles. The molecule has 2 saturated carbocycles. The number of halogens is 3. The minimum absolute atomic E-state index is 0.0113. The molecule has 3 rings (SSSR count). The van der Waals surface area contributed by atoms with Gasteiger partial charge in [0.15, 0.2) is 0 Å². The SMILES string of the molecule is CC1(C)CCC[C@]2(C)[C@@H](CCOC(=O)Nc3ccc(C(F)(F)F)cc3)[C@](C)(O)CC[C@@H]12. The molecule has 31 heavy (non-hydrogen) atoms. The number of aliphatic hydroxyl groups is 1. The molecule has 4 nitrogen and oxygen atoms in total. The number of rotatable bonds is 4. The Bertz CT molecular complexity index is 788. The summed E-state index contributed by atoms with van der Waals surface area (Å²) in [6.45, 7) is 8.96. The van der Waals surface area contributed by atoms with Crippen molar-refractivity contribution in [2.24, 2.45) is 22.7 Å². The van der Waals surface area contributed by atoms with Crippen LogP contribution >= 0.6 is 0 Å². The zero-order valence-electron chi connectivity index (χ0n) is 18.8. The second-order valence-corrected chi connectivity index (χ2v) is 10.5. The van der Waals surface area contributed by atoms with Gasteiger partial charge in [0.1, 0.15) is 0 Å². The minimum atomic E-state index is -4.42. The highest BCUT2D eigenvalue weighted by Gasteiger charge is 2.57. The van der Waals surface area contributed by atoms with Crippen LogP contribution in [-0.4, -0.2) is 23.4 Å². The van der Waals surface area contributed by atoms with Crippen LogP contribution in [-0.2, 0) is 10.9 Å². The lowest BCUT2D eigenvalue weighted by Crippen LogP contribution is -2.57.